The van der Waals surface area contributed by atoms with E-state index in [0.29, 0.717) is 10.2 Å². The summed E-state index contributed by atoms with van der Waals surface area (Å²) in [5.74, 6) is -1.12. The molecule has 5 nitrogen and oxygen atoms in total. The molecule has 2 heterocycles. The van der Waals surface area contributed by atoms with Crippen LogP contribution in [0.25, 0.3) is 10.2 Å². The molecule has 0 atom stereocenters. The second-order valence-electron chi connectivity index (χ2n) is 4.12. The second-order valence-corrected chi connectivity index (χ2v) is 5.02. The van der Waals surface area contributed by atoms with Gasteiger partial charge < -0.3 is 9.84 Å². The van der Waals surface area contributed by atoms with Crippen LogP contribution >= 0.6 is 11.3 Å². The maximum atomic E-state index is 12.3. The first-order chi connectivity index (χ1) is 8.49. The molecule has 6 heteroatoms. The predicted octanol–water partition coefficient (Wildman–Crippen LogP) is 2.14. The Labute approximate surface area is 107 Å². The maximum absolute atomic E-state index is 12.3. The first-order valence-corrected chi connectivity index (χ1v) is 6.30. The van der Waals surface area contributed by atoms with Crippen LogP contribution in [0, 0.1) is 0 Å². The SMILES string of the molecule is COC(=O)c1c(O)c2ccsc2n(C(C)C)c1=O. The van der Waals surface area contributed by atoms with Crippen molar-refractivity contribution in [2.24, 2.45) is 0 Å². The molecule has 0 aromatic carbocycles. The molecular weight excluding hydrogens is 254 g/mol. The minimum Gasteiger partial charge on any atom is -0.506 e. The van der Waals surface area contributed by atoms with E-state index in [1.807, 2.05) is 13.8 Å². The van der Waals surface area contributed by atoms with Crippen LogP contribution in [0.4, 0.5) is 0 Å². The number of carbonyl (C=O) groups is 1. The molecule has 0 fully saturated rings. The number of aromatic nitrogens is 1. The van der Waals surface area contributed by atoms with Gasteiger partial charge in [-0.05, 0) is 25.3 Å². The van der Waals surface area contributed by atoms with Gasteiger partial charge in [-0.1, -0.05) is 0 Å². The van der Waals surface area contributed by atoms with Gasteiger partial charge >= 0.3 is 5.97 Å². The molecule has 0 aliphatic rings. The van der Waals surface area contributed by atoms with Gasteiger partial charge in [-0.3, -0.25) is 9.36 Å². The van der Waals surface area contributed by atoms with Crippen LogP contribution < -0.4 is 5.56 Å². The van der Waals surface area contributed by atoms with Crippen LogP contribution in [0.1, 0.15) is 30.2 Å². The molecule has 18 heavy (non-hydrogen) atoms. The highest BCUT2D eigenvalue weighted by Gasteiger charge is 2.24. The van der Waals surface area contributed by atoms with Crippen LogP contribution in [0.2, 0.25) is 0 Å². The highest BCUT2D eigenvalue weighted by atomic mass is 32.1. The van der Waals surface area contributed by atoms with Gasteiger partial charge in [0.2, 0.25) is 0 Å². The number of pyridine rings is 1. The normalized spacial score (nSPS) is 11.1. The van der Waals surface area contributed by atoms with Gasteiger partial charge in [-0.25, -0.2) is 4.79 Å². The molecule has 2 aromatic heterocycles. The van der Waals surface area contributed by atoms with Crippen molar-refractivity contribution in [3.8, 4) is 5.75 Å². The fourth-order valence-electron chi connectivity index (χ4n) is 1.87. The maximum Gasteiger partial charge on any atom is 0.347 e. The molecule has 1 N–H and O–H groups in total. The summed E-state index contributed by atoms with van der Waals surface area (Å²) in [5, 5.41) is 12.3. The number of thiophene rings is 1. The molecule has 2 rings (SSSR count). The molecule has 0 spiro atoms. The third-order valence-electron chi connectivity index (χ3n) is 2.69. The summed E-state index contributed by atoms with van der Waals surface area (Å²) in [6.45, 7) is 3.69. The lowest BCUT2D eigenvalue weighted by atomic mass is 10.2. The van der Waals surface area contributed by atoms with E-state index in [4.69, 9.17) is 0 Å². The van der Waals surface area contributed by atoms with Crippen molar-refractivity contribution in [3.05, 3.63) is 27.4 Å². The number of fused-ring (bicyclic) bond motifs is 1. The lowest BCUT2D eigenvalue weighted by Gasteiger charge is -2.14. The van der Waals surface area contributed by atoms with Gasteiger partial charge in [-0.2, -0.15) is 0 Å². The molecule has 0 saturated heterocycles. The molecule has 2 aromatic rings. The van der Waals surface area contributed by atoms with Crippen LogP contribution in [-0.4, -0.2) is 22.8 Å². The number of methoxy groups -OCH3 is 1. The topological polar surface area (TPSA) is 68.5 Å². The zero-order valence-electron chi connectivity index (χ0n) is 10.3. The van der Waals surface area contributed by atoms with E-state index in [2.05, 4.69) is 4.74 Å². The Morgan fingerprint density at radius 1 is 1.50 bits per heavy atom. The van der Waals surface area contributed by atoms with Gasteiger partial charge in [0.15, 0.2) is 5.56 Å². The van der Waals surface area contributed by atoms with Crippen molar-refractivity contribution in [1.82, 2.24) is 4.57 Å². The van der Waals surface area contributed by atoms with Gasteiger partial charge in [0.25, 0.3) is 5.56 Å². The highest BCUT2D eigenvalue weighted by molar-refractivity contribution is 7.16. The first-order valence-electron chi connectivity index (χ1n) is 5.42. The molecule has 0 aliphatic carbocycles. The molecule has 0 aliphatic heterocycles. The number of rotatable bonds is 2. The van der Waals surface area contributed by atoms with E-state index in [1.54, 1.807) is 11.4 Å². The van der Waals surface area contributed by atoms with Crippen molar-refractivity contribution >= 4 is 27.5 Å². The monoisotopic (exact) mass is 267 g/mol. The predicted molar refractivity (Wildman–Crippen MR) is 69.5 cm³/mol. The summed E-state index contributed by atoms with van der Waals surface area (Å²) in [4.78, 5) is 24.5. The number of aromatic hydroxyl groups is 1. The fourth-order valence-corrected chi connectivity index (χ4v) is 2.90. The highest BCUT2D eigenvalue weighted by Crippen LogP contribution is 2.31. The minimum absolute atomic E-state index is 0.109. The Kier molecular flexibility index (Phi) is 3.13. The Hall–Kier alpha value is -1.82. The lowest BCUT2D eigenvalue weighted by molar-refractivity contribution is 0.0595. The molecule has 0 bridgehead atoms. The molecule has 0 amide bonds. The Morgan fingerprint density at radius 3 is 2.72 bits per heavy atom. The number of ether oxygens (including phenoxy) is 1. The summed E-state index contributed by atoms with van der Waals surface area (Å²) in [7, 11) is 1.18. The molecular formula is C12H13NO4S. The Bertz CT molecular complexity index is 669. The summed E-state index contributed by atoms with van der Waals surface area (Å²) in [6.07, 6.45) is 0. The number of esters is 1. The smallest absolute Gasteiger partial charge is 0.347 e. The summed E-state index contributed by atoms with van der Waals surface area (Å²) >= 11 is 1.35. The summed E-state index contributed by atoms with van der Waals surface area (Å²) < 4.78 is 6.04. The minimum atomic E-state index is -0.819. The zero-order valence-corrected chi connectivity index (χ0v) is 11.1. The number of hydrogen-bond acceptors (Lipinski definition) is 5. The third-order valence-corrected chi connectivity index (χ3v) is 3.61. The fraction of sp³-hybridized carbons (Fsp3) is 0.333. The van der Waals surface area contributed by atoms with Crippen molar-refractivity contribution in [2.45, 2.75) is 19.9 Å². The molecule has 96 valence electrons. The second kappa shape index (κ2) is 4.45. The lowest BCUT2D eigenvalue weighted by Crippen LogP contribution is -2.28. The van der Waals surface area contributed by atoms with Gasteiger partial charge in [-0.15, -0.1) is 11.3 Å². The largest absolute Gasteiger partial charge is 0.506 e. The first kappa shape index (κ1) is 12.6. The van der Waals surface area contributed by atoms with Crippen molar-refractivity contribution in [2.75, 3.05) is 7.11 Å². The van der Waals surface area contributed by atoms with Crippen LogP contribution in [0.5, 0.6) is 5.75 Å². The van der Waals surface area contributed by atoms with E-state index < -0.39 is 11.5 Å². The Morgan fingerprint density at radius 2 is 2.17 bits per heavy atom. The summed E-state index contributed by atoms with van der Waals surface area (Å²) in [6, 6.07) is 1.57. The van der Waals surface area contributed by atoms with Crippen LogP contribution in [-0.2, 0) is 4.74 Å². The average molecular weight is 267 g/mol. The van der Waals surface area contributed by atoms with E-state index in [0.717, 1.165) is 0 Å². The van der Waals surface area contributed by atoms with Crippen LogP contribution in [0.3, 0.4) is 0 Å². The number of carbonyl (C=O) groups excluding carboxylic acids is 1. The quantitative estimate of drug-likeness (QED) is 0.846. The van der Waals surface area contributed by atoms with Gasteiger partial charge in [0, 0.05) is 6.04 Å². The van der Waals surface area contributed by atoms with E-state index in [9.17, 15) is 14.7 Å². The molecule has 0 saturated carbocycles. The van der Waals surface area contributed by atoms with Gasteiger partial charge in [0.1, 0.15) is 10.6 Å². The standard InChI is InChI=1S/C12H13NO4S/c1-6(2)13-10(15)8(12(16)17-3)9(14)7-4-5-18-11(7)13/h4-6,14H,1-3H3. The third kappa shape index (κ3) is 1.69. The van der Waals surface area contributed by atoms with E-state index >= 15 is 0 Å². The zero-order chi connectivity index (χ0) is 13.4. The molecule has 0 radical (unpaired) electrons. The summed E-state index contributed by atoms with van der Waals surface area (Å²) in [5.41, 5.74) is -0.832. The average Bonchev–Trinajstić information content (AvgIpc) is 2.77. The van der Waals surface area contributed by atoms with E-state index in [1.165, 1.54) is 23.0 Å². The number of hydrogen-bond donors (Lipinski definition) is 1. The van der Waals surface area contributed by atoms with Crippen molar-refractivity contribution in [1.29, 1.82) is 0 Å². The molecule has 0 unspecified atom stereocenters. The van der Waals surface area contributed by atoms with Crippen molar-refractivity contribution < 1.29 is 14.6 Å². The number of nitrogens with zero attached hydrogens (tertiary/aromatic N) is 1. The van der Waals surface area contributed by atoms with Gasteiger partial charge in [0.05, 0.1) is 12.5 Å². The van der Waals surface area contributed by atoms with E-state index in [-0.39, 0.29) is 17.4 Å². The van der Waals surface area contributed by atoms with Crippen molar-refractivity contribution in [3.63, 3.8) is 0 Å². The van der Waals surface area contributed by atoms with Crippen LogP contribution in [0.15, 0.2) is 16.2 Å². The Balaban J connectivity index is 2.96.